The molecule has 35 heavy (non-hydrogen) atoms. The highest BCUT2D eigenvalue weighted by Crippen LogP contribution is 2.29. The van der Waals surface area contributed by atoms with Crippen LogP contribution in [0.25, 0.3) is 0 Å². The van der Waals surface area contributed by atoms with E-state index in [4.69, 9.17) is 14.2 Å². The average Bonchev–Trinajstić information content (AvgIpc) is 3.70. The van der Waals surface area contributed by atoms with Gasteiger partial charge in [-0.25, -0.2) is 4.79 Å². The van der Waals surface area contributed by atoms with Crippen molar-refractivity contribution in [3.63, 3.8) is 0 Å². The highest BCUT2D eigenvalue weighted by atomic mass is 16.5. The molecule has 0 bridgehead atoms. The number of rotatable bonds is 10. The molecule has 0 atom stereocenters. The fourth-order valence-electron chi connectivity index (χ4n) is 3.33. The number of methoxy groups -OCH3 is 1. The molecule has 1 aliphatic rings. The molecule has 0 aromatic heterocycles. The van der Waals surface area contributed by atoms with Gasteiger partial charge >= 0.3 is 5.97 Å². The normalized spacial score (nSPS) is 12.4. The van der Waals surface area contributed by atoms with Crippen molar-refractivity contribution in [1.82, 2.24) is 5.32 Å². The van der Waals surface area contributed by atoms with E-state index in [1.165, 1.54) is 13.2 Å². The average molecular weight is 475 g/mol. The van der Waals surface area contributed by atoms with Crippen molar-refractivity contribution in [2.75, 3.05) is 19.0 Å². The molecule has 4 rings (SSSR count). The zero-order valence-electron chi connectivity index (χ0n) is 19.3. The van der Waals surface area contributed by atoms with Crippen molar-refractivity contribution in [2.24, 2.45) is 0 Å². The van der Waals surface area contributed by atoms with Gasteiger partial charge in [0.15, 0.2) is 18.1 Å². The zero-order valence-corrected chi connectivity index (χ0v) is 19.3. The van der Waals surface area contributed by atoms with E-state index in [9.17, 15) is 14.4 Å². The van der Waals surface area contributed by atoms with Crippen LogP contribution in [-0.2, 0) is 16.1 Å². The summed E-state index contributed by atoms with van der Waals surface area (Å²) in [6, 6.07) is 21.2. The lowest BCUT2D eigenvalue weighted by atomic mass is 10.1. The number of anilines is 1. The highest BCUT2D eigenvalue weighted by Gasteiger charge is 2.25. The summed E-state index contributed by atoms with van der Waals surface area (Å²) in [5, 5.41) is 5.53. The Kier molecular flexibility index (Phi) is 7.62. The predicted molar refractivity (Wildman–Crippen MR) is 130 cm³/mol. The number of benzene rings is 3. The Labute approximate surface area is 203 Å². The Bertz CT molecular complexity index is 1210. The molecule has 8 nitrogen and oxygen atoms in total. The van der Waals surface area contributed by atoms with Gasteiger partial charge in [0.05, 0.1) is 23.9 Å². The summed E-state index contributed by atoms with van der Waals surface area (Å²) in [4.78, 5) is 37.3. The van der Waals surface area contributed by atoms with E-state index in [2.05, 4.69) is 10.6 Å². The van der Waals surface area contributed by atoms with Gasteiger partial charge in [-0.1, -0.05) is 42.5 Å². The molecule has 1 fully saturated rings. The monoisotopic (exact) mass is 474 g/mol. The van der Waals surface area contributed by atoms with Crippen LogP contribution in [0.3, 0.4) is 0 Å². The Morgan fingerprint density at radius 2 is 1.66 bits per heavy atom. The van der Waals surface area contributed by atoms with Crippen molar-refractivity contribution in [2.45, 2.75) is 25.5 Å². The van der Waals surface area contributed by atoms with E-state index in [0.717, 1.165) is 18.4 Å². The third kappa shape index (κ3) is 6.60. The first-order chi connectivity index (χ1) is 17.0. The molecule has 0 aliphatic heterocycles. The standard InChI is InChI=1S/C27H26N2O6/c1-33-24-15-19(11-14-23(24)34-16-18-7-3-2-4-8-18)27(32)35-17-25(30)29-22-10-6-5-9-21(22)26(31)28-20-12-13-20/h2-11,14-15,20H,12-13,16-17H2,1H3,(H,28,31)(H,29,30). The molecule has 3 aromatic rings. The second-order valence-corrected chi connectivity index (χ2v) is 8.06. The van der Waals surface area contributed by atoms with Crippen LogP contribution >= 0.6 is 0 Å². The third-order valence-corrected chi connectivity index (χ3v) is 5.33. The lowest BCUT2D eigenvalue weighted by Crippen LogP contribution is -2.28. The van der Waals surface area contributed by atoms with E-state index in [1.54, 1.807) is 36.4 Å². The van der Waals surface area contributed by atoms with Crippen LogP contribution in [0.15, 0.2) is 72.8 Å². The molecule has 3 aromatic carbocycles. The maximum atomic E-state index is 12.5. The Morgan fingerprint density at radius 3 is 2.40 bits per heavy atom. The summed E-state index contributed by atoms with van der Waals surface area (Å²) in [6.07, 6.45) is 1.92. The minimum absolute atomic E-state index is 0.194. The van der Waals surface area contributed by atoms with Gasteiger partial charge in [0.25, 0.3) is 11.8 Å². The molecule has 1 saturated carbocycles. The van der Waals surface area contributed by atoms with Gasteiger partial charge in [-0.2, -0.15) is 0 Å². The first-order valence-corrected chi connectivity index (χ1v) is 11.2. The lowest BCUT2D eigenvalue weighted by Gasteiger charge is -2.13. The molecule has 8 heteroatoms. The largest absolute Gasteiger partial charge is 0.493 e. The first-order valence-electron chi connectivity index (χ1n) is 11.2. The number of carbonyl (C=O) groups is 3. The summed E-state index contributed by atoms with van der Waals surface area (Å²) in [6.45, 7) is -0.159. The second-order valence-electron chi connectivity index (χ2n) is 8.06. The van der Waals surface area contributed by atoms with Crippen molar-refractivity contribution in [1.29, 1.82) is 0 Å². The minimum Gasteiger partial charge on any atom is -0.493 e. The molecule has 0 saturated heterocycles. The smallest absolute Gasteiger partial charge is 0.338 e. The van der Waals surface area contributed by atoms with Crippen molar-refractivity contribution in [3.8, 4) is 11.5 Å². The van der Waals surface area contributed by atoms with Crippen LogP contribution < -0.4 is 20.1 Å². The van der Waals surface area contributed by atoms with Crippen LogP contribution in [-0.4, -0.2) is 37.5 Å². The number of para-hydroxylation sites is 1. The maximum Gasteiger partial charge on any atom is 0.338 e. The number of esters is 1. The molecule has 0 spiro atoms. The predicted octanol–water partition coefficient (Wildman–Crippen LogP) is 3.96. The van der Waals surface area contributed by atoms with Gasteiger partial charge in [-0.15, -0.1) is 0 Å². The number of carbonyl (C=O) groups excluding carboxylic acids is 3. The van der Waals surface area contributed by atoms with Gasteiger partial charge in [-0.3, -0.25) is 9.59 Å². The quantitative estimate of drug-likeness (QED) is 0.431. The molecule has 0 heterocycles. The topological polar surface area (TPSA) is 103 Å². The van der Waals surface area contributed by atoms with Crippen molar-refractivity contribution < 1.29 is 28.6 Å². The minimum atomic E-state index is -0.687. The molecule has 2 amide bonds. The van der Waals surface area contributed by atoms with Crippen LogP contribution in [0.2, 0.25) is 0 Å². The Morgan fingerprint density at radius 1 is 0.914 bits per heavy atom. The van der Waals surface area contributed by atoms with Gasteiger partial charge < -0.3 is 24.8 Å². The van der Waals surface area contributed by atoms with Crippen LogP contribution in [0.5, 0.6) is 11.5 Å². The van der Waals surface area contributed by atoms with Crippen LogP contribution in [0, 0.1) is 0 Å². The van der Waals surface area contributed by atoms with Crippen molar-refractivity contribution >= 4 is 23.5 Å². The Hall–Kier alpha value is -4.33. The summed E-state index contributed by atoms with van der Waals surface area (Å²) in [5.74, 6) is -0.642. The van der Waals surface area contributed by atoms with E-state index >= 15 is 0 Å². The van der Waals surface area contributed by atoms with Crippen molar-refractivity contribution in [3.05, 3.63) is 89.5 Å². The number of amides is 2. The first kappa shape index (κ1) is 23.8. The summed E-state index contributed by atoms with van der Waals surface area (Å²) >= 11 is 0. The fraction of sp³-hybridized carbons (Fsp3) is 0.222. The summed E-state index contributed by atoms with van der Waals surface area (Å²) in [7, 11) is 1.48. The maximum absolute atomic E-state index is 12.5. The molecule has 0 radical (unpaired) electrons. The summed E-state index contributed by atoms with van der Waals surface area (Å²) in [5.41, 5.74) is 1.92. The molecular weight excluding hydrogens is 448 g/mol. The molecule has 180 valence electrons. The molecule has 1 aliphatic carbocycles. The number of nitrogens with one attached hydrogen (secondary N) is 2. The number of ether oxygens (including phenoxy) is 3. The van der Waals surface area contributed by atoms with E-state index < -0.39 is 18.5 Å². The molecular formula is C27H26N2O6. The Balaban J connectivity index is 1.32. The SMILES string of the molecule is COc1cc(C(=O)OCC(=O)Nc2ccccc2C(=O)NC2CC2)ccc1OCc1ccccc1. The van der Waals surface area contributed by atoms with E-state index in [1.807, 2.05) is 30.3 Å². The van der Waals surface area contributed by atoms with Crippen LogP contribution in [0.4, 0.5) is 5.69 Å². The number of hydrogen-bond donors (Lipinski definition) is 2. The molecule has 0 unspecified atom stereocenters. The van der Waals surface area contributed by atoms with Gasteiger partial charge in [0.1, 0.15) is 6.61 Å². The summed E-state index contributed by atoms with van der Waals surface area (Å²) < 4.78 is 16.3. The van der Waals surface area contributed by atoms with Gasteiger partial charge in [-0.05, 0) is 48.7 Å². The molecule has 2 N–H and O–H groups in total. The van der Waals surface area contributed by atoms with Gasteiger partial charge in [0, 0.05) is 6.04 Å². The third-order valence-electron chi connectivity index (χ3n) is 5.33. The zero-order chi connectivity index (χ0) is 24.6. The fourth-order valence-corrected chi connectivity index (χ4v) is 3.33. The lowest BCUT2D eigenvalue weighted by molar-refractivity contribution is -0.119. The van der Waals surface area contributed by atoms with Crippen LogP contribution in [0.1, 0.15) is 39.1 Å². The number of hydrogen-bond acceptors (Lipinski definition) is 6. The highest BCUT2D eigenvalue weighted by molar-refractivity contribution is 6.04. The van der Waals surface area contributed by atoms with E-state index in [-0.39, 0.29) is 17.5 Å². The van der Waals surface area contributed by atoms with Gasteiger partial charge in [0.2, 0.25) is 0 Å². The van der Waals surface area contributed by atoms with E-state index in [0.29, 0.717) is 29.4 Å². The second kappa shape index (κ2) is 11.2.